The zero-order chi connectivity index (χ0) is 18.3. The molecule has 0 amide bonds. The molecule has 0 radical (unpaired) electrons. The van der Waals surface area contributed by atoms with Crippen molar-refractivity contribution in [1.82, 2.24) is 9.97 Å². The second-order valence-corrected chi connectivity index (χ2v) is 7.76. The predicted molar refractivity (Wildman–Crippen MR) is 107 cm³/mol. The number of nitrogens with two attached hydrogens (primary N) is 2. The molecule has 1 aliphatic heterocycles. The Hall–Kier alpha value is -2.34. The summed E-state index contributed by atoms with van der Waals surface area (Å²) < 4.78 is 0. The summed E-state index contributed by atoms with van der Waals surface area (Å²) in [5.74, 6) is 1.76. The van der Waals surface area contributed by atoms with Crippen molar-refractivity contribution in [2.45, 2.75) is 38.6 Å². The molecule has 0 atom stereocenters. The van der Waals surface area contributed by atoms with Crippen LogP contribution < -0.4 is 21.3 Å². The molecule has 1 aliphatic carbocycles. The fraction of sp³-hybridized carbons (Fsp3) is 0.500. The molecule has 26 heavy (non-hydrogen) atoms. The normalized spacial score (nSPS) is 23.0. The van der Waals surface area contributed by atoms with Gasteiger partial charge in [0, 0.05) is 49.9 Å². The van der Waals surface area contributed by atoms with Crippen LogP contribution in [0.2, 0.25) is 0 Å². The van der Waals surface area contributed by atoms with Crippen LogP contribution in [0.4, 0.5) is 17.5 Å². The van der Waals surface area contributed by atoms with E-state index < -0.39 is 0 Å². The first-order valence-electron chi connectivity index (χ1n) is 9.46. The molecule has 0 bridgehead atoms. The lowest BCUT2D eigenvalue weighted by Gasteiger charge is -2.37. The standard InChI is InChI=1S/C20H28N6/c1-13-7-14(2)9-17(8-13)25-3-5-26(6-4-25)19-12-18(23-20(22)24-19)15-10-16(21)11-15/h7-9,12,15-16H,3-6,10-11,21H2,1-2H3,(H2,22,23,24). The molecule has 138 valence electrons. The monoisotopic (exact) mass is 352 g/mol. The number of rotatable bonds is 3. The molecule has 2 fully saturated rings. The number of aryl methyl sites for hydroxylation is 2. The highest BCUT2D eigenvalue weighted by Gasteiger charge is 2.30. The quantitative estimate of drug-likeness (QED) is 0.881. The molecule has 4 N–H and O–H groups in total. The largest absolute Gasteiger partial charge is 0.368 e. The van der Waals surface area contributed by atoms with Gasteiger partial charge in [0.05, 0.1) is 5.69 Å². The highest BCUT2D eigenvalue weighted by molar-refractivity contribution is 5.53. The minimum absolute atomic E-state index is 0.306. The van der Waals surface area contributed by atoms with Gasteiger partial charge in [-0.3, -0.25) is 0 Å². The highest BCUT2D eigenvalue weighted by atomic mass is 15.3. The van der Waals surface area contributed by atoms with E-state index in [2.05, 4.69) is 57.9 Å². The Kier molecular flexibility index (Phi) is 4.44. The van der Waals surface area contributed by atoms with Crippen molar-refractivity contribution in [1.29, 1.82) is 0 Å². The maximum absolute atomic E-state index is 5.98. The SMILES string of the molecule is Cc1cc(C)cc(N2CCN(c3cc(C4CC(N)C4)nc(N)n3)CC2)c1. The van der Waals surface area contributed by atoms with Gasteiger partial charge in [-0.1, -0.05) is 6.07 Å². The van der Waals surface area contributed by atoms with Gasteiger partial charge in [0.1, 0.15) is 5.82 Å². The van der Waals surface area contributed by atoms with Crippen LogP contribution in [-0.4, -0.2) is 42.2 Å². The van der Waals surface area contributed by atoms with E-state index in [0.717, 1.165) is 50.5 Å². The first-order valence-corrected chi connectivity index (χ1v) is 9.46. The van der Waals surface area contributed by atoms with E-state index in [-0.39, 0.29) is 0 Å². The van der Waals surface area contributed by atoms with Gasteiger partial charge < -0.3 is 21.3 Å². The fourth-order valence-corrected chi connectivity index (χ4v) is 4.07. The van der Waals surface area contributed by atoms with E-state index in [0.29, 0.717) is 17.9 Å². The predicted octanol–water partition coefficient (Wildman–Crippen LogP) is 2.21. The number of aromatic nitrogens is 2. The van der Waals surface area contributed by atoms with Gasteiger partial charge in [-0.25, -0.2) is 4.98 Å². The number of hydrogen-bond acceptors (Lipinski definition) is 6. The third-order valence-electron chi connectivity index (χ3n) is 5.52. The van der Waals surface area contributed by atoms with E-state index in [4.69, 9.17) is 11.5 Å². The lowest BCUT2D eigenvalue weighted by molar-refractivity contribution is 0.345. The van der Waals surface area contributed by atoms with Crippen LogP contribution in [0.5, 0.6) is 0 Å². The topological polar surface area (TPSA) is 84.3 Å². The number of nitrogens with zero attached hydrogens (tertiary/aromatic N) is 4. The number of nitrogen functional groups attached to an aromatic ring is 1. The molecule has 2 aromatic rings. The molecule has 4 rings (SSSR count). The summed E-state index contributed by atoms with van der Waals surface area (Å²) in [5, 5.41) is 0. The van der Waals surface area contributed by atoms with Crippen LogP contribution >= 0.6 is 0 Å². The van der Waals surface area contributed by atoms with Crippen molar-refractivity contribution in [2.24, 2.45) is 5.73 Å². The van der Waals surface area contributed by atoms with Gasteiger partial charge in [-0.2, -0.15) is 4.98 Å². The molecule has 1 aromatic carbocycles. The number of piperazine rings is 1. The third-order valence-corrected chi connectivity index (χ3v) is 5.52. The van der Waals surface area contributed by atoms with Crippen molar-refractivity contribution in [3.63, 3.8) is 0 Å². The lowest BCUT2D eigenvalue weighted by Crippen LogP contribution is -2.47. The smallest absolute Gasteiger partial charge is 0.222 e. The van der Waals surface area contributed by atoms with E-state index >= 15 is 0 Å². The minimum atomic E-state index is 0.306. The van der Waals surface area contributed by atoms with E-state index in [1.807, 2.05) is 0 Å². The molecule has 6 heteroatoms. The second-order valence-electron chi connectivity index (χ2n) is 7.76. The summed E-state index contributed by atoms with van der Waals surface area (Å²) in [5.41, 5.74) is 16.9. The average molecular weight is 352 g/mol. The average Bonchev–Trinajstić information content (AvgIpc) is 2.58. The maximum Gasteiger partial charge on any atom is 0.222 e. The van der Waals surface area contributed by atoms with Crippen LogP contribution in [0, 0.1) is 13.8 Å². The van der Waals surface area contributed by atoms with Gasteiger partial charge in [0.25, 0.3) is 0 Å². The Morgan fingerprint density at radius 3 is 2.12 bits per heavy atom. The fourth-order valence-electron chi connectivity index (χ4n) is 4.07. The third kappa shape index (κ3) is 3.46. The van der Waals surface area contributed by atoms with Crippen LogP contribution in [-0.2, 0) is 0 Å². The molecular formula is C20H28N6. The summed E-state index contributed by atoms with van der Waals surface area (Å²) >= 11 is 0. The van der Waals surface area contributed by atoms with E-state index in [9.17, 15) is 0 Å². The minimum Gasteiger partial charge on any atom is -0.368 e. The van der Waals surface area contributed by atoms with Crippen LogP contribution in [0.1, 0.15) is 35.6 Å². The first-order chi connectivity index (χ1) is 12.5. The lowest BCUT2D eigenvalue weighted by atomic mass is 9.78. The molecule has 0 spiro atoms. The Bertz CT molecular complexity index is 771. The highest BCUT2D eigenvalue weighted by Crippen LogP contribution is 2.36. The molecule has 1 aromatic heterocycles. The molecule has 1 saturated heterocycles. The molecule has 2 aliphatic rings. The molecule has 6 nitrogen and oxygen atoms in total. The van der Waals surface area contributed by atoms with Gasteiger partial charge in [-0.15, -0.1) is 0 Å². The summed E-state index contributed by atoms with van der Waals surface area (Å²) in [6, 6.07) is 9.17. The van der Waals surface area contributed by atoms with Crippen LogP contribution in [0.25, 0.3) is 0 Å². The number of anilines is 3. The Labute approximate surface area is 155 Å². The van der Waals surface area contributed by atoms with E-state index in [1.54, 1.807) is 0 Å². The second kappa shape index (κ2) is 6.76. The molecular weight excluding hydrogens is 324 g/mol. The zero-order valence-electron chi connectivity index (χ0n) is 15.7. The van der Waals surface area contributed by atoms with Gasteiger partial charge in [-0.05, 0) is 49.9 Å². The summed E-state index contributed by atoms with van der Waals surface area (Å²) in [7, 11) is 0. The Morgan fingerprint density at radius 2 is 1.50 bits per heavy atom. The molecule has 0 unspecified atom stereocenters. The Balaban J connectivity index is 1.46. The van der Waals surface area contributed by atoms with Gasteiger partial charge >= 0.3 is 0 Å². The summed E-state index contributed by atoms with van der Waals surface area (Å²) in [6.07, 6.45) is 1.99. The molecule has 2 heterocycles. The van der Waals surface area contributed by atoms with Crippen molar-refractivity contribution >= 4 is 17.5 Å². The van der Waals surface area contributed by atoms with Gasteiger partial charge in [0.15, 0.2) is 0 Å². The summed E-state index contributed by atoms with van der Waals surface area (Å²) in [6.45, 7) is 8.15. The van der Waals surface area contributed by atoms with Crippen LogP contribution in [0.15, 0.2) is 24.3 Å². The number of benzene rings is 1. The summed E-state index contributed by atoms with van der Waals surface area (Å²) in [4.78, 5) is 13.7. The number of hydrogen-bond donors (Lipinski definition) is 2. The van der Waals surface area contributed by atoms with Crippen molar-refractivity contribution < 1.29 is 0 Å². The van der Waals surface area contributed by atoms with E-state index in [1.165, 1.54) is 16.8 Å². The Morgan fingerprint density at radius 1 is 0.885 bits per heavy atom. The molecule has 1 saturated carbocycles. The van der Waals surface area contributed by atoms with Crippen LogP contribution in [0.3, 0.4) is 0 Å². The maximum atomic E-state index is 5.98. The van der Waals surface area contributed by atoms with Crippen molar-refractivity contribution in [3.8, 4) is 0 Å². The van der Waals surface area contributed by atoms with Crippen molar-refractivity contribution in [3.05, 3.63) is 41.1 Å². The zero-order valence-corrected chi connectivity index (χ0v) is 15.7. The first kappa shape index (κ1) is 17.1. The van der Waals surface area contributed by atoms with Crippen molar-refractivity contribution in [2.75, 3.05) is 41.7 Å². The van der Waals surface area contributed by atoms with Gasteiger partial charge in [0.2, 0.25) is 5.95 Å².